The molecule has 7 nitrogen and oxygen atoms in total. The Hall–Kier alpha value is -3.61. The fraction of sp³-hybridized carbons (Fsp3) is 0.261. The first kappa shape index (κ1) is 21.1. The predicted molar refractivity (Wildman–Crippen MR) is 114 cm³/mol. The van der Waals surface area contributed by atoms with Gasteiger partial charge in [-0.25, -0.2) is 4.98 Å². The number of hydrogen-bond acceptors (Lipinski definition) is 5. The Labute approximate surface area is 175 Å². The van der Waals surface area contributed by atoms with E-state index in [-0.39, 0.29) is 18.4 Å². The van der Waals surface area contributed by atoms with Crippen molar-refractivity contribution in [3.63, 3.8) is 0 Å². The van der Waals surface area contributed by atoms with Crippen molar-refractivity contribution in [2.24, 2.45) is 0 Å². The third-order valence-electron chi connectivity index (χ3n) is 4.27. The van der Waals surface area contributed by atoms with Crippen LogP contribution in [-0.4, -0.2) is 29.9 Å². The van der Waals surface area contributed by atoms with Gasteiger partial charge in [-0.15, -0.1) is 0 Å². The van der Waals surface area contributed by atoms with E-state index in [1.807, 2.05) is 37.3 Å². The molecule has 0 radical (unpaired) electrons. The average Bonchev–Trinajstić information content (AvgIpc) is 3.22. The zero-order chi connectivity index (χ0) is 21.2. The maximum Gasteiger partial charge on any atom is 0.257 e. The van der Waals surface area contributed by atoms with E-state index in [1.165, 1.54) is 0 Å². The molecule has 30 heavy (non-hydrogen) atoms. The summed E-state index contributed by atoms with van der Waals surface area (Å²) >= 11 is 0. The summed E-state index contributed by atoms with van der Waals surface area (Å²) < 4.78 is 11.2. The van der Waals surface area contributed by atoms with Gasteiger partial charge in [-0.1, -0.05) is 36.4 Å². The van der Waals surface area contributed by atoms with Gasteiger partial charge in [0.05, 0.1) is 6.20 Å². The van der Waals surface area contributed by atoms with Gasteiger partial charge in [0.15, 0.2) is 18.3 Å². The molecule has 2 N–H and O–H groups in total. The minimum atomic E-state index is -0.186. The number of anilines is 1. The first-order valence-corrected chi connectivity index (χ1v) is 9.93. The fourth-order valence-corrected chi connectivity index (χ4v) is 2.85. The number of likely N-dealkylation sites (N-methyl/N-ethyl adjacent to an activating group) is 1. The number of amides is 2. The predicted octanol–water partition coefficient (Wildman–Crippen LogP) is 3.82. The second kappa shape index (κ2) is 10.8. The summed E-state index contributed by atoms with van der Waals surface area (Å²) in [6.07, 6.45) is 3.24. The lowest BCUT2D eigenvalue weighted by molar-refractivity contribution is -0.123. The standard InChI is InChI=1S/C23H25N3O4/c1-2-24-22(28)16-29-19-11-6-10-18(14-19)26-21(27)12-7-13-23-25-15-20(30-23)17-8-4-3-5-9-17/h3-6,8-11,14-15H,2,7,12-13,16H2,1H3,(H,24,28)(H,26,27). The fourth-order valence-electron chi connectivity index (χ4n) is 2.85. The number of rotatable bonds is 10. The molecule has 0 aliphatic carbocycles. The number of nitrogens with one attached hydrogen (secondary N) is 2. The number of hydrogen-bond donors (Lipinski definition) is 2. The van der Waals surface area contributed by atoms with Crippen molar-refractivity contribution >= 4 is 17.5 Å². The second-order valence-corrected chi connectivity index (χ2v) is 6.66. The second-order valence-electron chi connectivity index (χ2n) is 6.66. The van der Waals surface area contributed by atoms with Gasteiger partial charge in [0.1, 0.15) is 5.75 Å². The van der Waals surface area contributed by atoms with E-state index < -0.39 is 0 Å². The Morgan fingerprint density at radius 2 is 1.90 bits per heavy atom. The smallest absolute Gasteiger partial charge is 0.257 e. The number of oxazole rings is 1. The first-order valence-electron chi connectivity index (χ1n) is 9.93. The van der Waals surface area contributed by atoms with Crippen LogP contribution < -0.4 is 15.4 Å². The number of ether oxygens (including phenoxy) is 1. The largest absolute Gasteiger partial charge is 0.484 e. The van der Waals surface area contributed by atoms with E-state index >= 15 is 0 Å². The Morgan fingerprint density at radius 3 is 2.70 bits per heavy atom. The highest BCUT2D eigenvalue weighted by molar-refractivity contribution is 5.90. The molecule has 1 heterocycles. The van der Waals surface area contributed by atoms with E-state index in [1.54, 1.807) is 30.5 Å². The zero-order valence-corrected chi connectivity index (χ0v) is 16.9. The molecule has 0 atom stereocenters. The van der Waals surface area contributed by atoms with Crippen molar-refractivity contribution in [1.29, 1.82) is 0 Å². The highest BCUT2D eigenvalue weighted by Crippen LogP contribution is 2.21. The van der Waals surface area contributed by atoms with Gasteiger partial charge in [0.2, 0.25) is 5.91 Å². The third-order valence-corrected chi connectivity index (χ3v) is 4.27. The molecular formula is C23H25N3O4. The van der Waals surface area contributed by atoms with Crippen LogP contribution in [0.3, 0.4) is 0 Å². The summed E-state index contributed by atoms with van der Waals surface area (Å²) in [6.45, 7) is 2.34. The third kappa shape index (κ3) is 6.48. The van der Waals surface area contributed by atoms with Gasteiger partial charge in [-0.2, -0.15) is 0 Å². The van der Waals surface area contributed by atoms with Crippen molar-refractivity contribution in [2.75, 3.05) is 18.5 Å². The van der Waals surface area contributed by atoms with Gasteiger partial charge in [0.25, 0.3) is 5.91 Å². The van der Waals surface area contributed by atoms with Crippen molar-refractivity contribution in [3.8, 4) is 17.1 Å². The van der Waals surface area contributed by atoms with E-state index in [4.69, 9.17) is 9.15 Å². The van der Waals surface area contributed by atoms with Gasteiger partial charge in [0, 0.05) is 36.7 Å². The quantitative estimate of drug-likeness (QED) is 0.533. The lowest BCUT2D eigenvalue weighted by atomic mass is 10.2. The molecule has 156 valence electrons. The molecule has 0 aliphatic heterocycles. The summed E-state index contributed by atoms with van der Waals surface area (Å²) in [5.41, 5.74) is 1.60. The number of carbonyl (C=O) groups is 2. The molecule has 2 aromatic carbocycles. The summed E-state index contributed by atoms with van der Waals surface area (Å²) in [5.74, 6) is 1.56. The van der Waals surface area contributed by atoms with Crippen LogP contribution in [0.1, 0.15) is 25.7 Å². The van der Waals surface area contributed by atoms with Gasteiger partial charge < -0.3 is 19.8 Å². The van der Waals surface area contributed by atoms with Crippen molar-refractivity contribution < 1.29 is 18.7 Å². The van der Waals surface area contributed by atoms with Crippen LogP contribution in [0.5, 0.6) is 5.75 Å². The molecule has 3 aromatic rings. The van der Waals surface area contributed by atoms with Crippen LogP contribution in [0.2, 0.25) is 0 Å². The van der Waals surface area contributed by atoms with Gasteiger partial charge >= 0.3 is 0 Å². The number of carbonyl (C=O) groups excluding carboxylic acids is 2. The average molecular weight is 407 g/mol. The molecule has 0 bridgehead atoms. The van der Waals surface area contributed by atoms with E-state index in [0.717, 1.165) is 11.3 Å². The van der Waals surface area contributed by atoms with Crippen molar-refractivity contribution in [3.05, 3.63) is 66.7 Å². The van der Waals surface area contributed by atoms with E-state index in [9.17, 15) is 9.59 Å². The molecule has 2 amide bonds. The molecule has 3 rings (SSSR count). The maximum atomic E-state index is 12.2. The van der Waals surface area contributed by atoms with E-state index in [2.05, 4.69) is 15.6 Å². The number of aromatic nitrogens is 1. The van der Waals surface area contributed by atoms with Gasteiger partial charge in [-0.3, -0.25) is 9.59 Å². The van der Waals surface area contributed by atoms with Crippen LogP contribution in [0.15, 0.2) is 65.2 Å². The molecule has 0 aliphatic rings. The number of aryl methyl sites for hydroxylation is 1. The minimum Gasteiger partial charge on any atom is -0.484 e. The molecule has 0 saturated heterocycles. The lowest BCUT2D eigenvalue weighted by Gasteiger charge is -2.09. The topological polar surface area (TPSA) is 93.5 Å². The number of benzene rings is 2. The molecule has 0 saturated carbocycles. The first-order chi connectivity index (χ1) is 14.6. The molecular weight excluding hydrogens is 382 g/mol. The highest BCUT2D eigenvalue weighted by Gasteiger charge is 2.09. The summed E-state index contributed by atoms with van der Waals surface area (Å²) in [7, 11) is 0. The maximum absolute atomic E-state index is 12.2. The normalized spacial score (nSPS) is 10.4. The molecule has 0 fully saturated rings. The summed E-state index contributed by atoms with van der Waals surface area (Å²) in [6, 6.07) is 16.7. The SMILES string of the molecule is CCNC(=O)COc1cccc(NC(=O)CCCc2ncc(-c3ccccc3)o2)c1. The Kier molecular flexibility index (Phi) is 7.60. The van der Waals surface area contributed by atoms with Crippen molar-refractivity contribution in [2.45, 2.75) is 26.2 Å². The van der Waals surface area contributed by atoms with Crippen LogP contribution in [0.4, 0.5) is 5.69 Å². The van der Waals surface area contributed by atoms with Crippen LogP contribution in [0.25, 0.3) is 11.3 Å². The molecule has 7 heteroatoms. The Morgan fingerprint density at radius 1 is 1.07 bits per heavy atom. The molecule has 0 spiro atoms. The highest BCUT2D eigenvalue weighted by atomic mass is 16.5. The molecule has 0 unspecified atom stereocenters. The Balaban J connectivity index is 1.43. The summed E-state index contributed by atoms with van der Waals surface area (Å²) in [4.78, 5) is 28.0. The minimum absolute atomic E-state index is 0.0631. The number of nitrogens with zero attached hydrogens (tertiary/aromatic N) is 1. The Bertz CT molecular complexity index is 969. The van der Waals surface area contributed by atoms with Crippen LogP contribution in [0, 0.1) is 0 Å². The monoisotopic (exact) mass is 407 g/mol. The summed E-state index contributed by atoms with van der Waals surface area (Å²) in [5, 5.41) is 5.51. The van der Waals surface area contributed by atoms with Crippen molar-refractivity contribution in [1.82, 2.24) is 10.3 Å². The van der Waals surface area contributed by atoms with Crippen LogP contribution in [-0.2, 0) is 16.0 Å². The van der Waals surface area contributed by atoms with E-state index in [0.29, 0.717) is 43.1 Å². The van der Waals surface area contributed by atoms with Gasteiger partial charge in [-0.05, 0) is 25.5 Å². The molecule has 1 aromatic heterocycles. The zero-order valence-electron chi connectivity index (χ0n) is 16.9. The van der Waals surface area contributed by atoms with Crippen LogP contribution >= 0.6 is 0 Å². The lowest BCUT2D eigenvalue weighted by Crippen LogP contribution is -2.28.